The zero-order valence-corrected chi connectivity index (χ0v) is 17.8. The summed E-state index contributed by atoms with van der Waals surface area (Å²) in [5, 5.41) is 11.5. The van der Waals surface area contributed by atoms with Crippen molar-refractivity contribution in [2.75, 3.05) is 11.9 Å². The van der Waals surface area contributed by atoms with Gasteiger partial charge in [-0.1, -0.05) is 0 Å². The minimum absolute atomic E-state index is 0.109. The van der Waals surface area contributed by atoms with Crippen molar-refractivity contribution in [3.05, 3.63) is 59.8 Å². The van der Waals surface area contributed by atoms with Crippen molar-refractivity contribution in [3.8, 4) is 5.69 Å². The lowest BCUT2D eigenvalue weighted by Crippen LogP contribution is -2.60. The number of fused-ring (bicyclic) bond motifs is 3. The molecule has 3 atom stereocenters. The second-order valence-corrected chi connectivity index (χ2v) is 8.52. The number of piperidine rings is 2. The third kappa shape index (κ3) is 4.14. The van der Waals surface area contributed by atoms with Crippen molar-refractivity contribution in [3.63, 3.8) is 0 Å². The summed E-state index contributed by atoms with van der Waals surface area (Å²) in [6.07, 6.45) is 2.10. The lowest BCUT2D eigenvalue weighted by atomic mass is 9.76. The quantitative estimate of drug-likeness (QED) is 0.645. The van der Waals surface area contributed by atoms with Crippen LogP contribution in [0.25, 0.3) is 5.69 Å². The highest BCUT2D eigenvalue weighted by Gasteiger charge is 2.44. The molecule has 1 amide bonds. The van der Waals surface area contributed by atoms with Crippen molar-refractivity contribution in [1.82, 2.24) is 29.9 Å². The van der Waals surface area contributed by atoms with E-state index in [0.29, 0.717) is 29.7 Å². The number of nitrogens with one attached hydrogen (secondary N) is 1. The van der Waals surface area contributed by atoms with Crippen molar-refractivity contribution in [1.29, 1.82) is 0 Å². The predicted octanol–water partition coefficient (Wildman–Crippen LogP) is 3.49. The monoisotopic (exact) mass is 457 g/mol. The SMILES string of the molecule is Cc1ccc(-n2nccn2)c(C(=O)N2CC3CC[C@H]2[C@H](Nc2ccc(C(F)(F)F)cn2)C3)n1. The summed E-state index contributed by atoms with van der Waals surface area (Å²) in [5.41, 5.74) is 0.705. The number of anilines is 1. The molecule has 1 saturated carbocycles. The van der Waals surface area contributed by atoms with Crippen LogP contribution in [0.1, 0.15) is 41.0 Å². The minimum atomic E-state index is -4.43. The molecular weight excluding hydrogens is 435 g/mol. The topological polar surface area (TPSA) is 88.8 Å². The average Bonchev–Trinajstić information content (AvgIpc) is 3.33. The van der Waals surface area contributed by atoms with Gasteiger partial charge in [-0.3, -0.25) is 4.79 Å². The van der Waals surface area contributed by atoms with Crippen molar-refractivity contribution in [2.24, 2.45) is 5.92 Å². The maximum Gasteiger partial charge on any atom is 0.417 e. The Kier molecular flexibility index (Phi) is 5.26. The Hall–Kier alpha value is -3.50. The van der Waals surface area contributed by atoms with E-state index in [1.165, 1.54) is 23.3 Å². The number of halogens is 3. The minimum Gasteiger partial charge on any atom is -0.365 e. The Balaban J connectivity index is 1.39. The van der Waals surface area contributed by atoms with Crippen LogP contribution in [0.15, 0.2) is 42.9 Å². The lowest BCUT2D eigenvalue weighted by Gasteiger charge is -2.50. The molecule has 1 unspecified atom stereocenters. The Bertz CT molecular complexity index is 1150. The van der Waals surface area contributed by atoms with Crippen LogP contribution < -0.4 is 5.32 Å². The Labute approximate surface area is 187 Å². The average molecular weight is 457 g/mol. The van der Waals surface area contributed by atoms with E-state index >= 15 is 0 Å². The second-order valence-electron chi connectivity index (χ2n) is 8.52. The fourth-order valence-corrected chi connectivity index (χ4v) is 4.76. The van der Waals surface area contributed by atoms with Gasteiger partial charge in [0.05, 0.1) is 24.0 Å². The van der Waals surface area contributed by atoms with Gasteiger partial charge in [0, 0.05) is 24.5 Å². The van der Waals surface area contributed by atoms with Crippen molar-refractivity contribution >= 4 is 11.7 Å². The van der Waals surface area contributed by atoms with E-state index in [1.807, 2.05) is 11.8 Å². The molecule has 2 bridgehead atoms. The van der Waals surface area contributed by atoms with Crippen LogP contribution in [-0.4, -0.2) is 54.4 Å². The summed E-state index contributed by atoms with van der Waals surface area (Å²) in [7, 11) is 0. The molecule has 2 aliphatic heterocycles. The molecule has 6 rings (SSSR count). The van der Waals surface area contributed by atoms with Crippen LogP contribution in [0.5, 0.6) is 0 Å². The molecule has 1 N–H and O–H groups in total. The summed E-state index contributed by atoms with van der Waals surface area (Å²) in [6, 6.07) is 5.70. The molecule has 0 spiro atoms. The molecule has 2 saturated heterocycles. The zero-order chi connectivity index (χ0) is 23.2. The highest BCUT2D eigenvalue weighted by Crippen LogP contribution is 2.38. The fraction of sp³-hybridized carbons (Fsp3) is 0.409. The lowest BCUT2D eigenvalue weighted by molar-refractivity contribution is -0.137. The van der Waals surface area contributed by atoms with E-state index in [-0.39, 0.29) is 23.7 Å². The van der Waals surface area contributed by atoms with Gasteiger partial charge in [-0.05, 0) is 56.4 Å². The van der Waals surface area contributed by atoms with Crippen molar-refractivity contribution in [2.45, 2.75) is 44.4 Å². The fourth-order valence-electron chi connectivity index (χ4n) is 4.76. The summed E-state index contributed by atoms with van der Waals surface area (Å²) < 4.78 is 38.5. The number of nitrogens with zero attached hydrogens (tertiary/aromatic N) is 6. The number of carbonyl (C=O) groups is 1. The first-order valence-electron chi connectivity index (χ1n) is 10.7. The number of amides is 1. The van der Waals surface area contributed by atoms with Crippen molar-refractivity contribution < 1.29 is 18.0 Å². The Morgan fingerprint density at radius 3 is 2.58 bits per heavy atom. The van der Waals surface area contributed by atoms with Gasteiger partial charge < -0.3 is 10.2 Å². The second kappa shape index (κ2) is 8.13. The van der Waals surface area contributed by atoms with Gasteiger partial charge in [0.1, 0.15) is 11.5 Å². The van der Waals surface area contributed by atoms with E-state index in [2.05, 4.69) is 25.5 Å². The molecule has 8 nitrogen and oxygen atoms in total. The van der Waals surface area contributed by atoms with Gasteiger partial charge in [0.15, 0.2) is 5.69 Å². The zero-order valence-electron chi connectivity index (χ0n) is 17.8. The van der Waals surface area contributed by atoms with E-state index in [1.54, 1.807) is 12.1 Å². The molecule has 172 valence electrons. The number of hydrogen-bond donors (Lipinski definition) is 1. The molecular formula is C22H22F3N7O. The molecule has 0 radical (unpaired) electrons. The first-order chi connectivity index (χ1) is 15.8. The number of alkyl halides is 3. The molecule has 5 heterocycles. The molecule has 33 heavy (non-hydrogen) atoms. The molecule has 3 aromatic rings. The van der Waals surface area contributed by atoms with E-state index in [0.717, 1.165) is 31.5 Å². The Morgan fingerprint density at radius 1 is 1.12 bits per heavy atom. The van der Waals surface area contributed by atoms with Crippen LogP contribution in [0.2, 0.25) is 0 Å². The van der Waals surface area contributed by atoms with E-state index in [4.69, 9.17) is 0 Å². The van der Waals surface area contributed by atoms with Gasteiger partial charge in [-0.15, -0.1) is 4.80 Å². The van der Waals surface area contributed by atoms with Crippen LogP contribution in [-0.2, 0) is 6.18 Å². The molecule has 0 aromatic carbocycles. The summed E-state index contributed by atoms with van der Waals surface area (Å²) in [5.74, 6) is 0.456. The number of aryl methyl sites for hydroxylation is 1. The van der Waals surface area contributed by atoms with Crippen LogP contribution >= 0.6 is 0 Å². The number of rotatable bonds is 4. The molecule has 1 aliphatic carbocycles. The third-order valence-electron chi connectivity index (χ3n) is 6.31. The first-order valence-corrected chi connectivity index (χ1v) is 10.7. The van der Waals surface area contributed by atoms with Gasteiger partial charge in [-0.25, -0.2) is 9.97 Å². The first kappa shape index (κ1) is 21.4. The maximum atomic E-state index is 13.6. The number of hydrogen-bond acceptors (Lipinski definition) is 6. The summed E-state index contributed by atoms with van der Waals surface area (Å²) in [4.78, 5) is 25.3. The highest BCUT2D eigenvalue weighted by atomic mass is 19.4. The number of carbonyl (C=O) groups excluding carboxylic acids is 1. The normalized spacial score (nSPS) is 22.4. The number of pyridine rings is 2. The Morgan fingerprint density at radius 2 is 1.91 bits per heavy atom. The highest BCUT2D eigenvalue weighted by molar-refractivity contribution is 5.96. The summed E-state index contributed by atoms with van der Waals surface area (Å²) >= 11 is 0. The van der Waals surface area contributed by atoms with Gasteiger partial charge in [-0.2, -0.15) is 23.4 Å². The van der Waals surface area contributed by atoms with E-state index in [9.17, 15) is 18.0 Å². The van der Waals surface area contributed by atoms with Crippen LogP contribution in [0, 0.1) is 12.8 Å². The van der Waals surface area contributed by atoms with Gasteiger partial charge >= 0.3 is 6.18 Å². The largest absolute Gasteiger partial charge is 0.417 e. The van der Waals surface area contributed by atoms with E-state index < -0.39 is 11.7 Å². The molecule has 3 fully saturated rings. The summed E-state index contributed by atoms with van der Waals surface area (Å²) in [6.45, 7) is 2.43. The molecule has 11 heteroatoms. The smallest absolute Gasteiger partial charge is 0.365 e. The van der Waals surface area contributed by atoms with Gasteiger partial charge in [0.2, 0.25) is 0 Å². The van der Waals surface area contributed by atoms with Gasteiger partial charge in [0.25, 0.3) is 5.91 Å². The van der Waals surface area contributed by atoms with Crippen LogP contribution in [0.3, 0.4) is 0 Å². The number of aromatic nitrogens is 5. The predicted molar refractivity (Wildman–Crippen MR) is 113 cm³/mol. The molecule has 3 aromatic heterocycles. The standard InChI is InChI=1S/C22H22F3N7O/c1-13-2-5-18(32-27-8-9-28-32)20(29-13)21(33)31-12-14-3-6-17(31)16(10-14)30-19-7-4-15(11-26-19)22(23,24)25/h2,4-5,7-9,11,14,16-17H,3,6,10,12H2,1H3,(H,26,30)/t14?,16-,17+/m1/s1. The van der Waals surface area contributed by atoms with Crippen LogP contribution in [0.4, 0.5) is 19.0 Å². The third-order valence-corrected chi connectivity index (χ3v) is 6.31. The molecule has 3 aliphatic rings. The maximum absolute atomic E-state index is 13.6.